The third-order valence-corrected chi connectivity index (χ3v) is 3.29. The molecule has 0 bridgehead atoms. The molecule has 0 spiro atoms. The van der Waals surface area contributed by atoms with E-state index >= 15 is 0 Å². The second kappa shape index (κ2) is 6.45. The number of hydrogen-bond donors (Lipinski definition) is 2. The molecule has 2 aromatic rings. The van der Waals surface area contributed by atoms with Gasteiger partial charge in [-0.3, -0.25) is 9.59 Å². The Hall–Kier alpha value is -2.27. The zero-order chi connectivity index (χ0) is 15.4. The average Bonchev–Trinajstić information content (AvgIpc) is 2.42. The molecule has 1 aromatic heterocycles. The predicted molar refractivity (Wildman–Crippen MR) is 84.8 cm³/mol. The number of nitrogens with one attached hydrogen (secondary N) is 1. The summed E-state index contributed by atoms with van der Waals surface area (Å²) in [4.78, 5) is 23.9. The highest BCUT2D eigenvalue weighted by Gasteiger charge is 2.14. The lowest BCUT2D eigenvalue weighted by atomic mass is 10.1. The maximum absolute atomic E-state index is 12.2. The van der Waals surface area contributed by atoms with Crippen molar-refractivity contribution >= 4 is 28.9 Å². The van der Waals surface area contributed by atoms with Gasteiger partial charge in [0.05, 0.1) is 16.3 Å². The molecule has 6 heteroatoms. The van der Waals surface area contributed by atoms with Gasteiger partial charge >= 0.3 is 0 Å². The second-order valence-electron chi connectivity index (χ2n) is 4.61. The highest BCUT2D eigenvalue weighted by molar-refractivity contribution is 6.35. The molecule has 110 valence electrons. The SMILES string of the molecule is CCCn1cc(NC(=O)c2c(N)cccc2Cl)ccc1=O. The van der Waals surface area contributed by atoms with Gasteiger partial charge in [0.1, 0.15) is 0 Å². The summed E-state index contributed by atoms with van der Waals surface area (Å²) in [6, 6.07) is 7.86. The number of aromatic nitrogens is 1. The average molecular weight is 306 g/mol. The van der Waals surface area contributed by atoms with E-state index in [0.29, 0.717) is 17.9 Å². The van der Waals surface area contributed by atoms with E-state index in [1.165, 1.54) is 6.07 Å². The number of halogens is 1. The Morgan fingerprint density at radius 1 is 1.33 bits per heavy atom. The zero-order valence-corrected chi connectivity index (χ0v) is 12.4. The lowest BCUT2D eigenvalue weighted by Crippen LogP contribution is -2.21. The summed E-state index contributed by atoms with van der Waals surface area (Å²) in [5, 5.41) is 2.99. The van der Waals surface area contributed by atoms with Crippen LogP contribution >= 0.6 is 11.6 Å². The Morgan fingerprint density at radius 2 is 2.10 bits per heavy atom. The van der Waals surface area contributed by atoms with Gasteiger partial charge < -0.3 is 15.6 Å². The number of nitrogens with zero attached hydrogens (tertiary/aromatic N) is 1. The first-order chi connectivity index (χ1) is 10.0. The highest BCUT2D eigenvalue weighted by atomic mass is 35.5. The van der Waals surface area contributed by atoms with E-state index in [-0.39, 0.29) is 16.1 Å². The third-order valence-electron chi connectivity index (χ3n) is 2.98. The number of anilines is 2. The number of nitrogens with two attached hydrogens (primary N) is 1. The summed E-state index contributed by atoms with van der Waals surface area (Å²) in [6.07, 6.45) is 2.44. The van der Waals surface area contributed by atoms with Crippen molar-refractivity contribution in [2.75, 3.05) is 11.1 Å². The van der Waals surface area contributed by atoms with Gasteiger partial charge in [0.25, 0.3) is 11.5 Å². The van der Waals surface area contributed by atoms with Crippen LogP contribution in [0.4, 0.5) is 11.4 Å². The topological polar surface area (TPSA) is 77.1 Å². The number of rotatable bonds is 4. The van der Waals surface area contributed by atoms with Crippen molar-refractivity contribution < 1.29 is 4.79 Å². The molecular weight excluding hydrogens is 290 g/mol. The summed E-state index contributed by atoms with van der Waals surface area (Å²) < 4.78 is 1.55. The molecule has 1 heterocycles. The summed E-state index contributed by atoms with van der Waals surface area (Å²) in [7, 11) is 0. The Kier molecular flexibility index (Phi) is 4.65. The van der Waals surface area contributed by atoms with Crippen LogP contribution in [0, 0.1) is 0 Å². The zero-order valence-electron chi connectivity index (χ0n) is 11.6. The normalized spacial score (nSPS) is 10.4. The Balaban J connectivity index is 2.28. The predicted octanol–water partition coefficient (Wildman–Crippen LogP) is 2.75. The van der Waals surface area contributed by atoms with Crippen LogP contribution in [-0.2, 0) is 6.54 Å². The molecule has 0 atom stereocenters. The Morgan fingerprint density at radius 3 is 2.76 bits per heavy atom. The molecule has 0 unspecified atom stereocenters. The number of amides is 1. The molecule has 21 heavy (non-hydrogen) atoms. The van der Waals surface area contributed by atoms with Crippen molar-refractivity contribution in [2.45, 2.75) is 19.9 Å². The van der Waals surface area contributed by atoms with E-state index in [4.69, 9.17) is 17.3 Å². The number of hydrogen-bond acceptors (Lipinski definition) is 3. The van der Waals surface area contributed by atoms with Crippen molar-refractivity contribution in [3.05, 3.63) is 57.5 Å². The van der Waals surface area contributed by atoms with Crippen molar-refractivity contribution in [1.29, 1.82) is 0 Å². The molecule has 3 N–H and O–H groups in total. The minimum Gasteiger partial charge on any atom is -0.398 e. The standard InChI is InChI=1S/C15H16ClN3O2/c1-2-8-19-9-10(6-7-13(19)20)18-15(21)14-11(16)4-3-5-12(14)17/h3-7,9H,2,8,17H2,1H3,(H,18,21). The molecule has 2 rings (SSSR count). The fraction of sp³-hybridized carbons (Fsp3) is 0.200. The van der Waals surface area contributed by atoms with Crippen LogP contribution in [0.3, 0.4) is 0 Å². The van der Waals surface area contributed by atoms with Crippen molar-refractivity contribution in [3.63, 3.8) is 0 Å². The van der Waals surface area contributed by atoms with Gasteiger partial charge in [-0.15, -0.1) is 0 Å². The van der Waals surface area contributed by atoms with Crippen molar-refractivity contribution in [3.8, 4) is 0 Å². The largest absolute Gasteiger partial charge is 0.398 e. The Bertz CT molecular complexity index is 705. The third kappa shape index (κ3) is 3.44. The lowest BCUT2D eigenvalue weighted by Gasteiger charge is -2.11. The highest BCUT2D eigenvalue weighted by Crippen LogP contribution is 2.23. The summed E-state index contributed by atoms with van der Waals surface area (Å²) >= 11 is 6.00. The number of aryl methyl sites for hydroxylation is 1. The van der Waals surface area contributed by atoms with Crippen LogP contribution in [0.25, 0.3) is 0 Å². The second-order valence-corrected chi connectivity index (χ2v) is 5.01. The first-order valence-electron chi connectivity index (χ1n) is 6.58. The number of nitrogen functional groups attached to an aromatic ring is 1. The summed E-state index contributed by atoms with van der Waals surface area (Å²) in [6.45, 7) is 2.57. The number of carbonyl (C=O) groups is 1. The maximum atomic E-state index is 12.2. The quantitative estimate of drug-likeness (QED) is 0.853. The monoisotopic (exact) mass is 305 g/mol. The molecule has 1 amide bonds. The fourth-order valence-corrected chi connectivity index (χ4v) is 2.26. The van der Waals surface area contributed by atoms with Crippen LogP contribution < -0.4 is 16.6 Å². The van der Waals surface area contributed by atoms with Crippen molar-refractivity contribution in [2.24, 2.45) is 0 Å². The van der Waals surface area contributed by atoms with Crippen LogP contribution in [0.2, 0.25) is 5.02 Å². The number of benzene rings is 1. The molecule has 1 aromatic carbocycles. The number of pyridine rings is 1. The molecule has 5 nitrogen and oxygen atoms in total. The van der Waals surface area contributed by atoms with E-state index in [0.717, 1.165) is 6.42 Å². The number of carbonyl (C=O) groups excluding carboxylic acids is 1. The molecule has 0 aliphatic carbocycles. The van der Waals surface area contributed by atoms with Crippen LogP contribution in [0.15, 0.2) is 41.3 Å². The maximum Gasteiger partial charge on any atom is 0.259 e. The minimum absolute atomic E-state index is 0.105. The van der Waals surface area contributed by atoms with Crippen molar-refractivity contribution in [1.82, 2.24) is 4.57 Å². The van der Waals surface area contributed by atoms with Gasteiger partial charge in [-0.05, 0) is 24.6 Å². The summed E-state index contributed by atoms with van der Waals surface area (Å²) in [5.74, 6) is -0.403. The van der Waals surface area contributed by atoms with Gasteiger partial charge in [-0.25, -0.2) is 0 Å². The van der Waals surface area contributed by atoms with E-state index in [2.05, 4.69) is 5.32 Å². The fourth-order valence-electron chi connectivity index (χ4n) is 1.99. The van der Waals surface area contributed by atoms with Gasteiger partial charge in [0, 0.05) is 24.5 Å². The van der Waals surface area contributed by atoms with Gasteiger partial charge in [0.2, 0.25) is 0 Å². The van der Waals surface area contributed by atoms with E-state index in [1.807, 2.05) is 6.92 Å². The first-order valence-corrected chi connectivity index (χ1v) is 6.96. The van der Waals surface area contributed by atoms with E-state index < -0.39 is 5.91 Å². The van der Waals surface area contributed by atoms with Gasteiger partial charge in [0.15, 0.2) is 0 Å². The van der Waals surface area contributed by atoms with Crippen LogP contribution in [0.5, 0.6) is 0 Å². The molecule has 0 saturated carbocycles. The van der Waals surface area contributed by atoms with E-state index in [1.54, 1.807) is 35.0 Å². The lowest BCUT2D eigenvalue weighted by molar-refractivity contribution is 0.102. The van der Waals surface area contributed by atoms with E-state index in [9.17, 15) is 9.59 Å². The molecule has 0 fully saturated rings. The molecule has 0 aliphatic heterocycles. The molecule has 0 saturated heterocycles. The minimum atomic E-state index is -0.403. The van der Waals surface area contributed by atoms with Gasteiger partial charge in [-0.2, -0.15) is 0 Å². The van der Waals surface area contributed by atoms with Crippen LogP contribution in [-0.4, -0.2) is 10.5 Å². The first kappa shape index (κ1) is 15.1. The van der Waals surface area contributed by atoms with Gasteiger partial charge in [-0.1, -0.05) is 24.6 Å². The molecule has 0 radical (unpaired) electrons. The molecular formula is C15H16ClN3O2. The smallest absolute Gasteiger partial charge is 0.259 e. The Labute approximate surface area is 127 Å². The summed E-state index contributed by atoms with van der Waals surface area (Å²) in [5.41, 5.74) is 6.73. The van der Waals surface area contributed by atoms with Crippen LogP contribution in [0.1, 0.15) is 23.7 Å². The molecule has 0 aliphatic rings.